The third kappa shape index (κ3) is 1.50. The van der Waals surface area contributed by atoms with Gasteiger partial charge in [0.2, 0.25) is 6.41 Å². The highest BCUT2D eigenvalue weighted by molar-refractivity contribution is 6.02. The Morgan fingerprint density at radius 3 is 3.00 bits per heavy atom. The van der Waals surface area contributed by atoms with Crippen LogP contribution in [-0.2, 0) is 11.8 Å². The van der Waals surface area contributed by atoms with E-state index in [0.717, 1.165) is 0 Å². The maximum atomic E-state index is 11.2. The fourth-order valence-electron chi connectivity index (χ4n) is 1.42. The predicted molar refractivity (Wildman–Crippen MR) is 58.2 cm³/mol. The van der Waals surface area contributed by atoms with Crippen LogP contribution in [0.1, 0.15) is 5.56 Å². The van der Waals surface area contributed by atoms with Crippen LogP contribution in [0.3, 0.4) is 0 Å². The van der Waals surface area contributed by atoms with Crippen LogP contribution in [-0.4, -0.2) is 16.8 Å². The van der Waals surface area contributed by atoms with E-state index in [1.807, 2.05) is 0 Å². The fraction of sp³-hybridized carbons (Fsp3) is 0.100. The van der Waals surface area contributed by atoms with Crippen LogP contribution in [0.4, 0.5) is 0 Å². The Bertz CT molecular complexity index is 636. The summed E-state index contributed by atoms with van der Waals surface area (Å²) in [6.45, 7) is 0. The molecule has 1 aromatic heterocycles. The Kier molecular flexibility index (Phi) is 2.32. The first-order valence-corrected chi connectivity index (χ1v) is 4.50. The molecule has 0 spiro atoms. The number of fused-ring (bicyclic) bond motifs is 1. The molecule has 16 heavy (non-hydrogen) atoms. The number of aliphatic imine (C=N–C) groups is 1. The number of carbonyl (C=O) groups is 1. The van der Waals surface area contributed by atoms with Gasteiger partial charge in [0.1, 0.15) is 5.84 Å². The van der Waals surface area contributed by atoms with Crippen molar-refractivity contribution in [2.75, 3.05) is 0 Å². The summed E-state index contributed by atoms with van der Waals surface area (Å²) in [6, 6.07) is 4.88. The Hall–Kier alpha value is -2.37. The van der Waals surface area contributed by atoms with Gasteiger partial charge in [-0.25, -0.2) is 4.79 Å². The van der Waals surface area contributed by atoms with Gasteiger partial charge in [0.05, 0.1) is 5.52 Å². The number of nitrogens with zero attached hydrogens (tertiary/aromatic N) is 2. The summed E-state index contributed by atoms with van der Waals surface area (Å²) in [6.07, 6.45) is 0.369. The molecule has 2 aromatic rings. The zero-order valence-electron chi connectivity index (χ0n) is 8.51. The molecule has 82 valence electrons. The number of nitrogens with two attached hydrogens (primary N) is 1. The van der Waals surface area contributed by atoms with Crippen LogP contribution < -0.4 is 11.5 Å². The molecule has 2 rings (SSSR count). The highest BCUT2D eigenvalue weighted by Crippen LogP contribution is 2.13. The minimum atomic E-state index is -0.446. The third-order valence-electron chi connectivity index (χ3n) is 2.28. The third-order valence-corrected chi connectivity index (χ3v) is 2.28. The van der Waals surface area contributed by atoms with Crippen LogP contribution >= 0.6 is 0 Å². The second-order valence-corrected chi connectivity index (χ2v) is 3.23. The highest BCUT2D eigenvalue weighted by atomic mass is 16.4. The van der Waals surface area contributed by atoms with Gasteiger partial charge in [-0.05, 0) is 18.2 Å². The van der Waals surface area contributed by atoms with E-state index < -0.39 is 5.76 Å². The van der Waals surface area contributed by atoms with Crippen LogP contribution in [0.25, 0.3) is 11.1 Å². The van der Waals surface area contributed by atoms with E-state index >= 15 is 0 Å². The second kappa shape index (κ2) is 3.65. The van der Waals surface area contributed by atoms with Crippen molar-refractivity contribution in [3.8, 4) is 0 Å². The van der Waals surface area contributed by atoms with E-state index in [2.05, 4.69) is 4.99 Å². The number of amidine groups is 1. The minimum Gasteiger partial charge on any atom is -0.408 e. The summed E-state index contributed by atoms with van der Waals surface area (Å²) in [5, 5.41) is 0. The quantitative estimate of drug-likeness (QED) is 0.437. The van der Waals surface area contributed by atoms with E-state index in [4.69, 9.17) is 10.2 Å². The molecule has 6 heteroatoms. The van der Waals surface area contributed by atoms with Crippen molar-refractivity contribution >= 4 is 23.3 Å². The molecule has 1 amide bonds. The minimum absolute atomic E-state index is 0.102. The molecule has 0 bridgehead atoms. The lowest BCUT2D eigenvalue weighted by Crippen LogP contribution is -2.13. The lowest BCUT2D eigenvalue weighted by atomic mass is 10.2. The zero-order valence-corrected chi connectivity index (χ0v) is 8.51. The van der Waals surface area contributed by atoms with Gasteiger partial charge < -0.3 is 10.2 Å². The average Bonchev–Trinajstić information content (AvgIpc) is 2.55. The maximum Gasteiger partial charge on any atom is 0.419 e. The molecule has 6 nitrogen and oxygen atoms in total. The molecule has 0 aliphatic rings. The van der Waals surface area contributed by atoms with Crippen LogP contribution in [0, 0.1) is 0 Å². The molecular weight excluding hydrogens is 210 g/mol. The number of hydrogen-bond donors (Lipinski definition) is 1. The predicted octanol–water partition coefficient (Wildman–Crippen LogP) is -0.00680. The topological polar surface area (TPSA) is 90.6 Å². The monoisotopic (exact) mass is 219 g/mol. The number of carbonyl (C=O) groups excluding carboxylic acids is 1. The fourth-order valence-corrected chi connectivity index (χ4v) is 1.42. The smallest absolute Gasteiger partial charge is 0.408 e. The van der Waals surface area contributed by atoms with E-state index in [-0.39, 0.29) is 5.84 Å². The first-order chi connectivity index (χ1) is 7.63. The molecule has 0 radical (unpaired) electrons. The van der Waals surface area contributed by atoms with Crippen molar-refractivity contribution in [1.29, 1.82) is 0 Å². The van der Waals surface area contributed by atoms with E-state index in [1.54, 1.807) is 25.2 Å². The molecule has 0 unspecified atom stereocenters. The first-order valence-electron chi connectivity index (χ1n) is 4.50. The van der Waals surface area contributed by atoms with Crippen molar-refractivity contribution in [3.05, 3.63) is 34.3 Å². The zero-order chi connectivity index (χ0) is 11.7. The lowest BCUT2D eigenvalue weighted by Gasteiger charge is -1.98. The van der Waals surface area contributed by atoms with Gasteiger partial charge in [0.25, 0.3) is 0 Å². The number of rotatable bonds is 2. The van der Waals surface area contributed by atoms with Crippen molar-refractivity contribution in [1.82, 2.24) is 4.57 Å². The Balaban J connectivity index is 2.68. The number of benzene rings is 1. The van der Waals surface area contributed by atoms with Gasteiger partial charge in [-0.15, -0.1) is 0 Å². The van der Waals surface area contributed by atoms with Crippen molar-refractivity contribution in [3.63, 3.8) is 0 Å². The van der Waals surface area contributed by atoms with Crippen LogP contribution in [0.2, 0.25) is 0 Å². The van der Waals surface area contributed by atoms with Crippen molar-refractivity contribution < 1.29 is 9.21 Å². The van der Waals surface area contributed by atoms with Gasteiger partial charge in [-0.2, -0.15) is 4.99 Å². The van der Waals surface area contributed by atoms with Crippen LogP contribution in [0.5, 0.6) is 0 Å². The summed E-state index contributed by atoms with van der Waals surface area (Å²) in [5.74, 6) is -0.344. The lowest BCUT2D eigenvalue weighted by molar-refractivity contribution is -0.106. The largest absolute Gasteiger partial charge is 0.419 e. The maximum absolute atomic E-state index is 11.2. The summed E-state index contributed by atoms with van der Waals surface area (Å²) in [5.41, 5.74) is 7.19. The van der Waals surface area contributed by atoms with E-state index in [0.29, 0.717) is 23.1 Å². The Labute approximate surface area is 90.0 Å². The standard InChI is InChI=1S/C10H9N3O3/c1-13-7-4-6(9(11)12-5-14)2-3-8(7)16-10(13)15/h2-5H,1H3,(H2,11,12,14). The molecule has 0 atom stereocenters. The van der Waals surface area contributed by atoms with E-state index in [9.17, 15) is 9.59 Å². The molecule has 0 aliphatic heterocycles. The normalized spacial score (nSPS) is 11.9. The molecule has 0 fully saturated rings. The number of oxazole rings is 1. The average molecular weight is 219 g/mol. The number of aromatic nitrogens is 1. The summed E-state index contributed by atoms with van der Waals surface area (Å²) in [4.78, 5) is 24.8. The first kappa shape index (κ1) is 10.2. The Morgan fingerprint density at radius 1 is 1.56 bits per heavy atom. The van der Waals surface area contributed by atoms with Crippen molar-refractivity contribution in [2.24, 2.45) is 17.8 Å². The van der Waals surface area contributed by atoms with Gasteiger partial charge in [0.15, 0.2) is 5.58 Å². The summed E-state index contributed by atoms with van der Waals surface area (Å²) >= 11 is 0. The number of amides is 1. The van der Waals surface area contributed by atoms with Gasteiger partial charge in [-0.1, -0.05) is 0 Å². The second-order valence-electron chi connectivity index (χ2n) is 3.23. The molecule has 0 saturated carbocycles. The van der Waals surface area contributed by atoms with Crippen molar-refractivity contribution in [2.45, 2.75) is 0 Å². The Morgan fingerprint density at radius 2 is 2.31 bits per heavy atom. The number of aryl methyl sites for hydroxylation is 1. The summed E-state index contributed by atoms with van der Waals surface area (Å²) in [7, 11) is 1.59. The number of hydrogen-bond acceptors (Lipinski definition) is 3. The van der Waals surface area contributed by atoms with E-state index in [1.165, 1.54) is 4.57 Å². The van der Waals surface area contributed by atoms with Gasteiger partial charge in [-0.3, -0.25) is 9.36 Å². The molecular formula is C10H9N3O3. The molecule has 1 heterocycles. The van der Waals surface area contributed by atoms with Gasteiger partial charge >= 0.3 is 5.76 Å². The molecule has 1 aromatic carbocycles. The SMILES string of the molecule is Cn1c(=O)oc2ccc(C(N)=NC=O)cc21. The molecule has 0 aliphatic carbocycles. The summed E-state index contributed by atoms with van der Waals surface area (Å²) < 4.78 is 6.30. The van der Waals surface area contributed by atoms with Crippen LogP contribution in [0.15, 0.2) is 32.4 Å². The highest BCUT2D eigenvalue weighted by Gasteiger charge is 2.07. The molecule has 0 saturated heterocycles. The molecule has 2 N–H and O–H groups in total. The van der Waals surface area contributed by atoms with Gasteiger partial charge in [0, 0.05) is 12.6 Å².